The highest BCUT2D eigenvalue weighted by molar-refractivity contribution is 5.85. The molecule has 3 heterocycles. The molecule has 1 aromatic heterocycles. The Bertz CT molecular complexity index is 722. The van der Waals surface area contributed by atoms with Gasteiger partial charge in [0.05, 0.1) is 12.7 Å². The van der Waals surface area contributed by atoms with Crippen LogP contribution in [0.2, 0.25) is 0 Å². The van der Waals surface area contributed by atoms with E-state index in [1.165, 1.54) is 0 Å². The van der Waals surface area contributed by atoms with Gasteiger partial charge in [-0.2, -0.15) is 0 Å². The Hall–Kier alpha value is -1.36. The zero-order valence-electron chi connectivity index (χ0n) is 12.4. The van der Waals surface area contributed by atoms with E-state index in [0.717, 1.165) is 54.4 Å². The van der Waals surface area contributed by atoms with Crippen LogP contribution in [0.5, 0.6) is 0 Å². The zero-order valence-corrected chi connectivity index (χ0v) is 13.2. The van der Waals surface area contributed by atoms with Crippen molar-refractivity contribution in [2.75, 3.05) is 13.1 Å². The molecule has 0 saturated carbocycles. The molecular weight excluding hydrogens is 300 g/mol. The molecule has 22 heavy (non-hydrogen) atoms. The molecule has 5 heteroatoms. The molecule has 2 aromatic rings. The SMILES string of the molecule is Cl.O=c1[nH]c2c(c3ccccc13)COC(C1CCNCC1)C2. The summed E-state index contributed by atoms with van der Waals surface area (Å²) in [6, 6.07) is 7.80. The van der Waals surface area contributed by atoms with Crippen molar-refractivity contribution in [1.29, 1.82) is 0 Å². The van der Waals surface area contributed by atoms with Crippen LogP contribution in [0.1, 0.15) is 24.1 Å². The van der Waals surface area contributed by atoms with Gasteiger partial charge < -0.3 is 15.0 Å². The number of hydrogen-bond donors (Lipinski definition) is 2. The van der Waals surface area contributed by atoms with Gasteiger partial charge in [0, 0.05) is 23.1 Å². The molecule has 2 aliphatic heterocycles. The van der Waals surface area contributed by atoms with Gasteiger partial charge in [0.2, 0.25) is 0 Å². The first kappa shape index (κ1) is 15.5. The lowest BCUT2D eigenvalue weighted by molar-refractivity contribution is -0.0187. The number of H-pyrrole nitrogens is 1. The fourth-order valence-corrected chi connectivity index (χ4v) is 3.70. The number of halogens is 1. The molecule has 4 rings (SSSR count). The maximum absolute atomic E-state index is 12.2. The minimum absolute atomic E-state index is 0. The summed E-state index contributed by atoms with van der Waals surface area (Å²) in [5.41, 5.74) is 2.26. The molecule has 2 aliphatic rings. The molecule has 1 fully saturated rings. The van der Waals surface area contributed by atoms with Crippen LogP contribution < -0.4 is 10.9 Å². The van der Waals surface area contributed by atoms with Gasteiger partial charge >= 0.3 is 0 Å². The predicted molar refractivity (Wildman–Crippen MR) is 89.7 cm³/mol. The van der Waals surface area contributed by atoms with Crippen molar-refractivity contribution in [3.63, 3.8) is 0 Å². The number of benzene rings is 1. The Morgan fingerprint density at radius 3 is 2.59 bits per heavy atom. The highest BCUT2D eigenvalue weighted by Gasteiger charge is 2.29. The molecule has 0 bridgehead atoms. The molecule has 0 spiro atoms. The molecule has 4 nitrogen and oxygen atoms in total. The molecule has 0 aliphatic carbocycles. The van der Waals surface area contributed by atoms with Crippen molar-refractivity contribution in [3.05, 3.63) is 45.9 Å². The first-order valence-corrected chi connectivity index (χ1v) is 7.78. The van der Waals surface area contributed by atoms with Crippen molar-refractivity contribution < 1.29 is 4.74 Å². The number of fused-ring (bicyclic) bond motifs is 3. The fraction of sp³-hybridized carbons (Fsp3) is 0.471. The average Bonchev–Trinajstić information content (AvgIpc) is 2.55. The summed E-state index contributed by atoms with van der Waals surface area (Å²) in [6.07, 6.45) is 3.41. The van der Waals surface area contributed by atoms with Gasteiger partial charge in [-0.1, -0.05) is 18.2 Å². The van der Waals surface area contributed by atoms with Crippen LogP contribution in [0.15, 0.2) is 29.1 Å². The number of rotatable bonds is 1. The van der Waals surface area contributed by atoms with Crippen LogP contribution >= 0.6 is 12.4 Å². The van der Waals surface area contributed by atoms with Crippen molar-refractivity contribution >= 4 is 23.2 Å². The highest BCUT2D eigenvalue weighted by atomic mass is 35.5. The lowest BCUT2D eigenvalue weighted by atomic mass is 9.87. The first-order valence-electron chi connectivity index (χ1n) is 7.78. The number of nitrogens with one attached hydrogen (secondary N) is 2. The zero-order chi connectivity index (χ0) is 14.2. The normalized spacial score (nSPS) is 22.1. The van der Waals surface area contributed by atoms with Crippen LogP contribution in [0.3, 0.4) is 0 Å². The van der Waals surface area contributed by atoms with Gasteiger partial charge in [-0.15, -0.1) is 12.4 Å². The van der Waals surface area contributed by atoms with Gasteiger partial charge in [-0.3, -0.25) is 4.79 Å². The van der Waals surface area contributed by atoms with Crippen LogP contribution in [0, 0.1) is 5.92 Å². The number of piperidine rings is 1. The van der Waals surface area contributed by atoms with Crippen LogP contribution in [-0.4, -0.2) is 24.2 Å². The summed E-state index contributed by atoms with van der Waals surface area (Å²) < 4.78 is 6.14. The van der Waals surface area contributed by atoms with Gasteiger partial charge in [0.15, 0.2) is 0 Å². The van der Waals surface area contributed by atoms with E-state index in [9.17, 15) is 4.79 Å². The monoisotopic (exact) mass is 320 g/mol. The molecule has 1 unspecified atom stereocenters. The van der Waals surface area contributed by atoms with E-state index in [-0.39, 0.29) is 24.1 Å². The Morgan fingerprint density at radius 1 is 1.09 bits per heavy atom. The second-order valence-corrected chi connectivity index (χ2v) is 6.10. The smallest absolute Gasteiger partial charge is 0.256 e. The fourth-order valence-electron chi connectivity index (χ4n) is 3.70. The van der Waals surface area contributed by atoms with E-state index in [1.54, 1.807) is 0 Å². The van der Waals surface area contributed by atoms with E-state index in [2.05, 4.69) is 10.3 Å². The molecule has 118 valence electrons. The van der Waals surface area contributed by atoms with Crippen LogP contribution in [-0.2, 0) is 17.8 Å². The van der Waals surface area contributed by atoms with E-state index in [0.29, 0.717) is 12.5 Å². The Labute approximate surface area is 135 Å². The van der Waals surface area contributed by atoms with Crippen molar-refractivity contribution in [2.24, 2.45) is 5.92 Å². The molecule has 1 atom stereocenters. The largest absolute Gasteiger partial charge is 0.373 e. The molecular formula is C17H21ClN2O2. The number of pyridine rings is 1. The van der Waals surface area contributed by atoms with E-state index < -0.39 is 0 Å². The minimum atomic E-state index is 0. The van der Waals surface area contributed by atoms with Crippen molar-refractivity contribution in [2.45, 2.75) is 32.0 Å². The third kappa shape index (κ3) is 2.67. The summed E-state index contributed by atoms with van der Waals surface area (Å²) in [4.78, 5) is 15.3. The highest BCUT2D eigenvalue weighted by Crippen LogP contribution is 2.30. The second-order valence-electron chi connectivity index (χ2n) is 6.10. The molecule has 2 N–H and O–H groups in total. The molecule has 0 radical (unpaired) electrons. The molecule has 1 aromatic carbocycles. The van der Waals surface area contributed by atoms with E-state index in [4.69, 9.17) is 4.74 Å². The van der Waals surface area contributed by atoms with Crippen LogP contribution in [0.25, 0.3) is 10.8 Å². The molecule has 1 saturated heterocycles. The molecule has 0 amide bonds. The maximum Gasteiger partial charge on any atom is 0.256 e. The van der Waals surface area contributed by atoms with E-state index >= 15 is 0 Å². The average molecular weight is 321 g/mol. The summed E-state index contributed by atoms with van der Waals surface area (Å²) >= 11 is 0. The summed E-state index contributed by atoms with van der Waals surface area (Å²) in [5, 5.41) is 5.20. The lowest BCUT2D eigenvalue weighted by Crippen LogP contribution is -2.38. The second kappa shape index (κ2) is 6.41. The number of hydrogen-bond acceptors (Lipinski definition) is 3. The number of aromatic nitrogens is 1. The van der Waals surface area contributed by atoms with Crippen molar-refractivity contribution in [1.82, 2.24) is 10.3 Å². The third-order valence-corrected chi connectivity index (χ3v) is 4.88. The lowest BCUT2D eigenvalue weighted by Gasteiger charge is -2.34. The first-order chi connectivity index (χ1) is 10.3. The van der Waals surface area contributed by atoms with Crippen molar-refractivity contribution in [3.8, 4) is 0 Å². The summed E-state index contributed by atoms with van der Waals surface area (Å²) in [7, 11) is 0. The van der Waals surface area contributed by atoms with Gasteiger partial charge in [0.1, 0.15) is 0 Å². The number of aromatic amines is 1. The quantitative estimate of drug-likeness (QED) is 0.848. The standard InChI is InChI=1S/C17H20N2O2.ClH/c20-17-13-4-2-1-3-12(13)14-10-21-16(9-15(14)19-17)11-5-7-18-8-6-11;/h1-4,11,16,18H,5-10H2,(H,19,20);1H. The predicted octanol–water partition coefficient (Wildman–Crippen LogP) is 2.39. The number of ether oxygens (including phenoxy) is 1. The van der Waals surface area contributed by atoms with Crippen LogP contribution in [0.4, 0.5) is 0 Å². The maximum atomic E-state index is 12.2. The van der Waals surface area contributed by atoms with Gasteiger partial charge in [-0.25, -0.2) is 0 Å². The topological polar surface area (TPSA) is 54.1 Å². The minimum Gasteiger partial charge on any atom is -0.373 e. The van der Waals surface area contributed by atoms with Gasteiger partial charge in [0.25, 0.3) is 5.56 Å². The third-order valence-electron chi connectivity index (χ3n) is 4.88. The Balaban J connectivity index is 0.00000144. The Morgan fingerprint density at radius 2 is 1.82 bits per heavy atom. The van der Waals surface area contributed by atoms with Gasteiger partial charge in [-0.05, 0) is 43.3 Å². The van der Waals surface area contributed by atoms with E-state index in [1.807, 2.05) is 24.3 Å². The summed E-state index contributed by atoms with van der Waals surface area (Å²) in [5.74, 6) is 0.606. The Kier molecular flexibility index (Phi) is 4.52. The summed E-state index contributed by atoms with van der Waals surface area (Å²) in [6.45, 7) is 2.76.